The van der Waals surface area contributed by atoms with Gasteiger partial charge in [-0.15, -0.1) is 0 Å². The zero-order chi connectivity index (χ0) is 16.4. The summed E-state index contributed by atoms with van der Waals surface area (Å²) in [7, 11) is 0. The number of benzene rings is 2. The normalized spacial score (nSPS) is 12.1. The number of nitrogens with zero attached hydrogens (tertiary/aromatic N) is 1. The van der Waals surface area contributed by atoms with E-state index in [1.54, 1.807) is 6.92 Å². The van der Waals surface area contributed by atoms with E-state index in [9.17, 15) is 9.18 Å². The highest BCUT2D eigenvalue weighted by Gasteiger charge is 2.17. The highest BCUT2D eigenvalue weighted by atomic mass is 32.1. The number of rotatable bonds is 4. The second-order valence-corrected chi connectivity index (χ2v) is 6.17. The molecule has 1 atom stereocenters. The van der Waals surface area contributed by atoms with E-state index >= 15 is 0 Å². The molecule has 0 spiro atoms. The molecule has 3 aromatic rings. The molecule has 0 saturated carbocycles. The molecule has 23 heavy (non-hydrogen) atoms. The molecule has 0 radical (unpaired) electrons. The SMILES string of the molecule is Cc1cccc2sc(NC(=O)C(C)Oc3ccc(F)cc3)nc12. The smallest absolute Gasteiger partial charge is 0.266 e. The van der Waals surface area contributed by atoms with Crippen molar-refractivity contribution in [1.82, 2.24) is 4.98 Å². The van der Waals surface area contributed by atoms with Gasteiger partial charge in [0.15, 0.2) is 11.2 Å². The van der Waals surface area contributed by atoms with E-state index in [4.69, 9.17) is 4.74 Å². The Labute approximate surface area is 136 Å². The second kappa shape index (κ2) is 6.34. The first-order chi connectivity index (χ1) is 11.0. The summed E-state index contributed by atoms with van der Waals surface area (Å²) in [5, 5.41) is 3.30. The van der Waals surface area contributed by atoms with Crippen molar-refractivity contribution in [2.75, 3.05) is 5.32 Å². The summed E-state index contributed by atoms with van der Waals surface area (Å²) in [6.07, 6.45) is -0.714. The van der Waals surface area contributed by atoms with Crippen molar-refractivity contribution in [2.45, 2.75) is 20.0 Å². The van der Waals surface area contributed by atoms with Gasteiger partial charge in [0.1, 0.15) is 11.6 Å². The molecule has 1 unspecified atom stereocenters. The number of anilines is 1. The Kier molecular flexibility index (Phi) is 4.25. The van der Waals surface area contributed by atoms with Crippen LogP contribution in [0.2, 0.25) is 0 Å². The molecule has 6 heteroatoms. The van der Waals surface area contributed by atoms with Crippen molar-refractivity contribution in [2.24, 2.45) is 0 Å². The number of amides is 1. The molecule has 1 aromatic heterocycles. The first-order valence-corrected chi connectivity index (χ1v) is 7.94. The molecular formula is C17H15FN2O2S. The van der Waals surface area contributed by atoms with E-state index in [2.05, 4.69) is 10.3 Å². The van der Waals surface area contributed by atoms with Crippen LogP contribution in [0.15, 0.2) is 42.5 Å². The van der Waals surface area contributed by atoms with Crippen LogP contribution < -0.4 is 10.1 Å². The van der Waals surface area contributed by atoms with Crippen LogP contribution in [0.4, 0.5) is 9.52 Å². The lowest BCUT2D eigenvalue weighted by atomic mass is 10.2. The molecule has 118 valence electrons. The minimum Gasteiger partial charge on any atom is -0.481 e. The van der Waals surface area contributed by atoms with Crippen molar-refractivity contribution >= 4 is 32.6 Å². The number of fused-ring (bicyclic) bond motifs is 1. The van der Waals surface area contributed by atoms with Crippen LogP contribution >= 0.6 is 11.3 Å². The maximum Gasteiger partial charge on any atom is 0.266 e. The van der Waals surface area contributed by atoms with E-state index < -0.39 is 6.10 Å². The number of halogens is 1. The molecule has 0 aliphatic heterocycles. The van der Waals surface area contributed by atoms with E-state index in [1.165, 1.54) is 35.6 Å². The maximum atomic E-state index is 12.9. The first-order valence-electron chi connectivity index (χ1n) is 7.12. The average Bonchev–Trinajstić information content (AvgIpc) is 2.93. The summed E-state index contributed by atoms with van der Waals surface area (Å²) in [6, 6.07) is 11.5. The highest BCUT2D eigenvalue weighted by molar-refractivity contribution is 7.22. The van der Waals surface area contributed by atoms with Gasteiger partial charge in [-0.2, -0.15) is 0 Å². The maximum absolute atomic E-state index is 12.9. The van der Waals surface area contributed by atoms with Gasteiger partial charge in [0.2, 0.25) is 0 Å². The monoisotopic (exact) mass is 330 g/mol. The standard InChI is InChI=1S/C17H15FN2O2S/c1-10-4-3-5-14-15(10)19-17(23-14)20-16(21)11(2)22-13-8-6-12(18)7-9-13/h3-9,11H,1-2H3,(H,19,20,21). The Bertz CT molecular complexity index is 845. The Morgan fingerprint density at radius 3 is 2.70 bits per heavy atom. The Balaban J connectivity index is 1.69. The zero-order valence-electron chi connectivity index (χ0n) is 12.7. The van der Waals surface area contributed by atoms with Crippen molar-refractivity contribution in [3.05, 3.63) is 53.8 Å². The summed E-state index contributed by atoms with van der Waals surface area (Å²) in [5.41, 5.74) is 1.95. The summed E-state index contributed by atoms with van der Waals surface area (Å²) in [5.74, 6) is -0.209. The molecule has 1 N–H and O–H groups in total. The van der Waals surface area contributed by atoms with Gasteiger partial charge in [-0.3, -0.25) is 10.1 Å². The van der Waals surface area contributed by atoms with Crippen LogP contribution in [0, 0.1) is 12.7 Å². The van der Waals surface area contributed by atoms with E-state index in [0.717, 1.165) is 15.8 Å². The topological polar surface area (TPSA) is 51.2 Å². The van der Waals surface area contributed by atoms with Crippen molar-refractivity contribution < 1.29 is 13.9 Å². The molecule has 4 nitrogen and oxygen atoms in total. The highest BCUT2D eigenvalue weighted by Crippen LogP contribution is 2.28. The fourth-order valence-electron chi connectivity index (χ4n) is 2.12. The largest absolute Gasteiger partial charge is 0.481 e. The van der Waals surface area contributed by atoms with Gasteiger partial charge in [0, 0.05) is 0 Å². The van der Waals surface area contributed by atoms with Gasteiger partial charge in [0.25, 0.3) is 5.91 Å². The molecule has 2 aromatic carbocycles. The van der Waals surface area contributed by atoms with Crippen molar-refractivity contribution in [3.8, 4) is 5.75 Å². The third kappa shape index (κ3) is 3.48. The Morgan fingerprint density at radius 1 is 1.26 bits per heavy atom. The third-order valence-electron chi connectivity index (χ3n) is 3.35. The number of para-hydroxylation sites is 1. The lowest BCUT2D eigenvalue weighted by molar-refractivity contribution is -0.122. The number of ether oxygens (including phenoxy) is 1. The summed E-state index contributed by atoms with van der Waals surface area (Å²) < 4.78 is 19.4. The fraction of sp³-hybridized carbons (Fsp3) is 0.176. The van der Waals surface area contributed by atoms with Crippen LogP contribution in [0.5, 0.6) is 5.75 Å². The summed E-state index contributed by atoms with van der Waals surface area (Å²) in [6.45, 7) is 3.62. The molecule has 0 bridgehead atoms. The fourth-order valence-corrected chi connectivity index (χ4v) is 3.06. The van der Waals surface area contributed by atoms with Gasteiger partial charge in [0.05, 0.1) is 10.2 Å². The number of aromatic nitrogens is 1. The lowest BCUT2D eigenvalue weighted by Crippen LogP contribution is -2.30. The van der Waals surface area contributed by atoms with Gasteiger partial charge in [-0.05, 0) is 49.7 Å². The van der Waals surface area contributed by atoms with E-state index in [-0.39, 0.29) is 11.7 Å². The number of thiazole rings is 1. The number of aryl methyl sites for hydroxylation is 1. The van der Waals surface area contributed by atoms with Crippen LogP contribution in [0.25, 0.3) is 10.2 Å². The third-order valence-corrected chi connectivity index (χ3v) is 4.28. The molecular weight excluding hydrogens is 315 g/mol. The number of hydrogen-bond acceptors (Lipinski definition) is 4. The molecule has 0 fully saturated rings. The molecule has 0 aliphatic rings. The molecule has 3 rings (SSSR count). The van der Waals surface area contributed by atoms with Crippen LogP contribution in [-0.4, -0.2) is 17.0 Å². The van der Waals surface area contributed by atoms with Crippen molar-refractivity contribution in [3.63, 3.8) is 0 Å². The minimum atomic E-state index is -0.714. The lowest BCUT2D eigenvalue weighted by Gasteiger charge is -2.13. The van der Waals surface area contributed by atoms with Gasteiger partial charge in [-0.25, -0.2) is 9.37 Å². The minimum absolute atomic E-state index is 0.300. The van der Waals surface area contributed by atoms with Crippen LogP contribution in [-0.2, 0) is 4.79 Å². The van der Waals surface area contributed by atoms with E-state index in [0.29, 0.717) is 10.9 Å². The number of hydrogen-bond donors (Lipinski definition) is 1. The zero-order valence-corrected chi connectivity index (χ0v) is 13.5. The Hall–Kier alpha value is -2.47. The Morgan fingerprint density at radius 2 is 2.00 bits per heavy atom. The van der Waals surface area contributed by atoms with Crippen molar-refractivity contribution in [1.29, 1.82) is 0 Å². The molecule has 1 amide bonds. The molecule has 1 heterocycles. The van der Waals surface area contributed by atoms with Crippen LogP contribution in [0.3, 0.4) is 0 Å². The van der Waals surface area contributed by atoms with Gasteiger partial charge in [-0.1, -0.05) is 23.5 Å². The molecule has 0 aliphatic carbocycles. The molecule has 0 saturated heterocycles. The van der Waals surface area contributed by atoms with E-state index in [1.807, 2.05) is 25.1 Å². The number of carbonyl (C=O) groups is 1. The predicted molar refractivity (Wildman–Crippen MR) is 89.5 cm³/mol. The van der Waals surface area contributed by atoms with Gasteiger partial charge < -0.3 is 4.74 Å². The second-order valence-electron chi connectivity index (χ2n) is 5.14. The summed E-state index contributed by atoms with van der Waals surface area (Å²) >= 11 is 1.42. The quantitative estimate of drug-likeness (QED) is 0.782. The predicted octanol–water partition coefficient (Wildman–Crippen LogP) is 4.15. The van der Waals surface area contributed by atoms with Crippen LogP contribution in [0.1, 0.15) is 12.5 Å². The average molecular weight is 330 g/mol. The van der Waals surface area contributed by atoms with Gasteiger partial charge >= 0.3 is 0 Å². The first kappa shape index (κ1) is 15.4. The number of carbonyl (C=O) groups excluding carboxylic acids is 1. The summed E-state index contributed by atoms with van der Waals surface area (Å²) in [4.78, 5) is 16.6. The number of nitrogens with one attached hydrogen (secondary N) is 1.